The number of hydrogen-bond acceptors (Lipinski definition) is 10. The molecule has 0 spiro atoms. The summed E-state index contributed by atoms with van der Waals surface area (Å²) in [6, 6.07) is -0.881. The first-order valence-corrected chi connectivity index (χ1v) is 10.7. The summed E-state index contributed by atoms with van der Waals surface area (Å²) in [5.41, 5.74) is 5.14. The number of amides is 3. The highest BCUT2D eigenvalue weighted by molar-refractivity contribution is 8.00. The molecule has 170 valence electrons. The molecule has 0 aromatic rings. The van der Waals surface area contributed by atoms with Gasteiger partial charge < -0.3 is 30.0 Å². The summed E-state index contributed by atoms with van der Waals surface area (Å²) >= 11 is 1.27. The van der Waals surface area contributed by atoms with E-state index < -0.39 is 48.2 Å². The molecule has 1 aliphatic carbocycles. The molecular formula is C18H23N3O9S. The number of β-lactam (4-membered cyclic amide) rings is 1. The van der Waals surface area contributed by atoms with Crippen molar-refractivity contribution in [2.24, 2.45) is 11.7 Å². The van der Waals surface area contributed by atoms with Crippen LogP contribution in [0.2, 0.25) is 0 Å². The third kappa shape index (κ3) is 5.81. The van der Waals surface area contributed by atoms with Gasteiger partial charge in [0.25, 0.3) is 5.91 Å². The van der Waals surface area contributed by atoms with Crippen LogP contribution in [0.15, 0.2) is 11.3 Å². The van der Waals surface area contributed by atoms with Crippen LogP contribution in [-0.2, 0) is 33.3 Å². The van der Waals surface area contributed by atoms with E-state index in [2.05, 4.69) is 10.1 Å². The van der Waals surface area contributed by atoms with Crippen molar-refractivity contribution < 1.29 is 42.9 Å². The summed E-state index contributed by atoms with van der Waals surface area (Å²) in [5.74, 6) is -1.31. The molecule has 2 aliphatic heterocycles. The van der Waals surface area contributed by atoms with Gasteiger partial charge in [0.05, 0.1) is 6.61 Å². The Hall–Kier alpha value is -2.96. The minimum Gasteiger partial charge on any atom is -0.450 e. The Morgan fingerprint density at radius 1 is 1.16 bits per heavy atom. The van der Waals surface area contributed by atoms with E-state index in [0.29, 0.717) is 11.5 Å². The second kappa shape index (κ2) is 9.90. The van der Waals surface area contributed by atoms with E-state index >= 15 is 0 Å². The van der Waals surface area contributed by atoms with Gasteiger partial charge in [-0.2, -0.15) is 0 Å². The summed E-state index contributed by atoms with van der Waals surface area (Å²) in [6.07, 6.45) is 1.33. The van der Waals surface area contributed by atoms with Gasteiger partial charge in [-0.15, -0.1) is 11.8 Å². The van der Waals surface area contributed by atoms with Gasteiger partial charge in [-0.1, -0.05) is 12.8 Å². The van der Waals surface area contributed by atoms with Gasteiger partial charge in [0.15, 0.2) is 0 Å². The monoisotopic (exact) mass is 457 g/mol. The zero-order chi connectivity index (χ0) is 22.5. The number of carbonyl (C=O) groups is 5. The Bertz CT molecular complexity index is 811. The van der Waals surface area contributed by atoms with Crippen LogP contribution in [0.5, 0.6) is 0 Å². The van der Waals surface area contributed by atoms with Gasteiger partial charge in [-0.05, 0) is 12.3 Å². The Morgan fingerprint density at radius 2 is 1.90 bits per heavy atom. The number of ether oxygens (including phenoxy) is 4. The van der Waals surface area contributed by atoms with Crippen molar-refractivity contribution in [3.63, 3.8) is 0 Å². The van der Waals surface area contributed by atoms with Crippen molar-refractivity contribution >= 4 is 41.8 Å². The minimum atomic E-state index is -1.05. The number of esters is 2. The lowest BCUT2D eigenvalue weighted by atomic mass is 10.0. The third-order valence-electron chi connectivity index (χ3n) is 4.81. The second-order valence-corrected chi connectivity index (χ2v) is 8.25. The van der Waals surface area contributed by atoms with Crippen LogP contribution < -0.4 is 11.1 Å². The zero-order valence-corrected chi connectivity index (χ0v) is 17.6. The molecule has 0 bridgehead atoms. The summed E-state index contributed by atoms with van der Waals surface area (Å²) in [7, 11) is 0. The van der Waals surface area contributed by atoms with E-state index in [1.54, 1.807) is 0 Å². The van der Waals surface area contributed by atoms with Crippen LogP contribution in [0.4, 0.5) is 9.59 Å². The maximum absolute atomic E-state index is 12.7. The smallest absolute Gasteiger partial charge is 0.407 e. The number of nitrogens with two attached hydrogens (primary N) is 1. The summed E-state index contributed by atoms with van der Waals surface area (Å²) in [5, 5.41) is 1.95. The lowest BCUT2D eigenvalue weighted by Gasteiger charge is -2.49. The zero-order valence-electron chi connectivity index (χ0n) is 16.8. The molecule has 13 heteroatoms. The molecule has 0 radical (unpaired) electrons. The molecule has 2 heterocycles. The van der Waals surface area contributed by atoms with Gasteiger partial charge in [-0.25, -0.2) is 14.4 Å². The highest BCUT2D eigenvalue weighted by Gasteiger charge is 2.54. The maximum Gasteiger partial charge on any atom is 0.407 e. The number of nitrogens with zero attached hydrogens (tertiary/aromatic N) is 1. The molecule has 0 aromatic carbocycles. The van der Waals surface area contributed by atoms with Crippen LogP contribution >= 0.6 is 11.8 Å². The average Bonchev–Trinajstić information content (AvgIpc) is 3.53. The molecule has 3 aliphatic rings. The molecular weight excluding hydrogens is 434 g/mol. The number of alkyl carbamates (subject to hydrolysis) is 1. The van der Waals surface area contributed by atoms with E-state index in [0.717, 1.165) is 31.1 Å². The normalized spacial score (nSPS) is 22.1. The van der Waals surface area contributed by atoms with Gasteiger partial charge in [0.1, 0.15) is 23.7 Å². The van der Waals surface area contributed by atoms with E-state index in [9.17, 15) is 24.0 Å². The van der Waals surface area contributed by atoms with E-state index in [-0.39, 0.29) is 24.7 Å². The lowest BCUT2D eigenvalue weighted by Crippen LogP contribution is -2.70. The van der Waals surface area contributed by atoms with Crippen molar-refractivity contribution in [1.82, 2.24) is 10.2 Å². The Labute approximate surface area is 181 Å². The van der Waals surface area contributed by atoms with Crippen LogP contribution in [0, 0.1) is 5.92 Å². The van der Waals surface area contributed by atoms with Crippen molar-refractivity contribution in [2.75, 3.05) is 25.8 Å². The van der Waals surface area contributed by atoms with Crippen molar-refractivity contribution in [2.45, 2.75) is 37.6 Å². The average molecular weight is 457 g/mol. The SMILES string of the molecule is CC(=O)OCOC(=O)C1=C(COC(N)=O)CS[C@@H]2[C@H](NC(=O)OCCC3CC3)C(=O)N12. The highest BCUT2D eigenvalue weighted by atomic mass is 32.2. The maximum atomic E-state index is 12.7. The lowest BCUT2D eigenvalue weighted by molar-refractivity contribution is -0.166. The van der Waals surface area contributed by atoms with E-state index in [1.165, 1.54) is 11.8 Å². The fourth-order valence-electron chi connectivity index (χ4n) is 3.07. The predicted octanol–water partition coefficient (Wildman–Crippen LogP) is 0.210. The predicted molar refractivity (Wildman–Crippen MR) is 104 cm³/mol. The molecule has 31 heavy (non-hydrogen) atoms. The first-order valence-electron chi connectivity index (χ1n) is 9.60. The van der Waals surface area contributed by atoms with Crippen molar-refractivity contribution in [3.05, 3.63) is 11.3 Å². The van der Waals surface area contributed by atoms with Gasteiger partial charge in [0.2, 0.25) is 6.79 Å². The molecule has 2 fully saturated rings. The van der Waals surface area contributed by atoms with Crippen LogP contribution in [0.25, 0.3) is 0 Å². The van der Waals surface area contributed by atoms with E-state index in [1.807, 2.05) is 0 Å². The molecule has 3 N–H and O–H groups in total. The van der Waals surface area contributed by atoms with Gasteiger partial charge in [0, 0.05) is 18.2 Å². The van der Waals surface area contributed by atoms with Crippen LogP contribution in [0.3, 0.4) is 0 Å². The standard InChI is InChI=1S/C18H23N3O9S/c1-9(22)29-8-30-16(24)13-11(6-28-17(19)25)7-31-15-12(14(23)21(13)15)20-18(26)27-5-4-10-2-3-10/h10,12,15H,2-8H2,1H3,(H2,19,25)(H,20,26)/t12-,15-/m1/s1. The van der Waals surface area contributed by atoms with Crippen molar-refractivity contribution in [1.29, 1.82) is 0 Å². The Balaban J connectivity index is 1.64. The van der Waals surface area contributed by atoms with Crippen LogP contribution in [0.1, 0.15) is 26.2 Å². The number of thioether (sulfide) groups is 1. The van der Waals surface area contributed by atoms with Crippen LogP contribution in [-0.4, -0.2) is 72.1 Å². The molecule has 3 rings (SSSR count). The third-order valence-corrected chi connectivity index (χ3v) is 6.15. The Kier molecular flexibility index (Phi) is 7.25. The van der Waals surface area contributed by atoms with Gasteiger partial charge in [-0.3, -0.25) is 14.5 Å². The quantitative estimate of drug-likeness (QED) is 0.212. The van der Waals surface area contributed by atoms with E-state index in [4.69, 9.17) is 19.9 Å². The molecule has 0 unspecified atom stereocenters. The molecule has 1 saturated carbocycles. The summed E-state index contributed by atoms with van der Waals surface area (Å²) in [4.78, 5) is 60.2. The molecule has 2 atom stereocenters. The topological polar surface area (TPSA) is 164 Å². The largest absolute Gasteiger partial charge is 0.450 e. The minimum absolute atomic E-state index is 0.137. The molecule has 12 nitrogen and oxygen atoms in total. The highest BCUT2D eigenvalue weighted by Crippen LogP contribution is 2.40. The number of fused-ring (bicyclic) bond motifs is 1. The molecule has 1 saturated heterocycles. The first-order chi connectivity index (χ1) is 14.8. The summed E-state index contributed by atoms with van der Waals surface area (Å²) in [6.45, 7) is 0.460. The fraction of sp³-hybridized carbons (Fsp3) is 0.611. The molecule has 3 amide bonds. The number of primary amides is 1. The number of carbonyl (C=O) groups excluding carboxylic acids is 5. The van der Waals surface area contributed by atoms with Gasteiger partial charge >= 0.3 is 24.1 Å². The summed E-state index contributed by atoms with van der Waals surface area (Å²) < 4.78 is 19.3. The number of rotatable bonds is 9. The fourth-order valence-corrected chi connectivity index (χ4v) is 4.40. The Morgan fingerprint density at radius 3 is 2.55 bits per heavy atom. The number of nitrogens with one attached hydrogen (secondary N) is 1. The van der Waals surface area contributed by atoms with Crippen molar-refractivity contribution in [3.8, 4) is 0 Å². The second-order valence-electron chi connectivity index (χ2n) is 7.15. The molecule has 0 aromatic heterocycles. The first kappa shape index (κ1) is 22.7. The number of hydrogen-bond donors (Lipinski definition) is 2.